The summed E-state index contributed by atoms with van der Waals surface area (Å²) in [5, 5.41) is 3.41. The lowest BCUT2D eigenvalue weighted by molar-refractivity contribution is -0.115. The lowest BCUT2D eigenvalue weighted by Crippen LogP contribution is -2.19. The van der Waals surface area contributed by atoms with Gasteiger partial charge in [-0.05, 0) is 60.2 Å². The number of rotatable bonds is 2. The van der Waals surface area contributed by atoms with Crippen LogP contribution in [0.4, 0.5) is 5.69 Å². The molecule has 22 heavy (non-hydrogen) atoms. The van der Waals surface area contributed by atoms with Crippen molar-refractivity contribution in [3.63, 3.8) is 0 Å². The summed E-state index contributed by atoms with van der Waals surface area (Å²) < 4.78 is 1.01. The van der Waals surface area contributed by atoms with Crippen LogP contribution in [0.25, 0.3) is 6.08 Å². The Morgan fingerprint density at radius 1 is 1.18 bits per heavy atom. The summed E-state index contributed by atoms with van der Waals surface area (Å²) in [4.78, 5) is 17.1. The van der Waals surface area contributed by atoms with Gasteiger partial charge < -0.3 is 5.32 Å². The van der Waals surface area contributed by atoms with E-state index < -0.39 is 0 Å². The number of benzene rings is 2. The topological polar surface area (TPSA) is 41.5 Å². The number of halogens is 1. The zero-order valence-corrected chi connectivity index (χ0v) is 14.2. The van der Waals surface area contributed by atoms with Crippen LogP contribution in [0.15, 0.2) is 62.9 Å². The van der Waals surface area contributed by atoms with Gasteiger partial charge in [0, 0.05) is 4.47 Å². The fourth-order valence-electron chi connectivity index (χ4n) is 2.01. The Kier molecular flexibility index (Phi) is 4.45. The van der Waals surface area contributed by atoms with Crippen molar-refractivity contribution in [1.29, 1.82) is 0 Å². The zero-order valence-electron chi connectivity index (χ0n) is 11.8. The molecule has 0 radical (unpaired) electrons. The first-order valence-corrected chi connectivity index (χ1v) is 8.33. The van der Waals surface area contributed by atoms with Gasteiger partial charge in [-0.3, -0.25) is 4.79 Å². The van der Waals surface area contributed by atoms with Crippen molar-refractivity contribution < 1.29 is 4.79 Å². The highest BCUT2D eigenvalue weighted by Crippen LogP contribution is 2.28. The minimum Gasteiger partial charge on any atom is -0.300 e. The summed E-state index contributed by atoms with van der Waals surface area (Å²) >= 11 is 4.76. The molecule has 1 fully saturated rings. The van der Waals surface area contributed by atoms with Crippen LogP contribution in [0, 0.1) is 6.92 Å². The molecular formula is C17H13BrN2OS. The van der Waals surface area contributed by atoms with Crippen LogP contribution < -0.4 is 5.32 Å². The average Bonchev–Trinajstić information content (AvgIpc) is 2.81. The fourth-order valence-corrected chi connectivity index (χ4v) is 3.11. The molecule has 0 unspecified atom stereocenters. The van der Waals surface area contributed by atoms with Crippen molar-refractivity contribution in [3.8, 4) is 0 Å². The molecule has 1 aliphatic rings. The Morgan fingerprint density at radius 2 is 1.95 bits per heavy atom. The molecule has 1 aliphatic heterocycles. The van der Waals surface area contributed by atoms with E-state index in [0.717, 1.165) is 21.3 Å². The molecule has 5 heteroatoms. The molecule has 1 heterocycles. The lowest BCUT2D eigenvalue weighted by atomic mass is 10.2. The molecule has 0 spiro atoms. The monoisotopic (exact) mass is 372 g/mol. The van der Waals surface area contributed by atoms with Gasteiger partial charge in [-0.15, -0.1) is 0 Å². The molecule has 2 aromatic carbocycles. The third kappa shape index (κ3) is 3.67. The van der Waals surface area contributed by atoms with E-state index in [1.165, 1.54) is 11.8 Å². The largest absolute Gasteiger partial charge is 0.300 e. The molecule has 1 saturated heterocycles. The maximum Gasteiger partial charge on any atom is 0.264 e. The maximum absolute atomic E-state index is 12.0. The number of amides is 1. The maximum atomic E-state index is 12.0. The van der Waals surface area contributed by atoms with Crippen LogP contribution in [-0.2, 0) is 4.79 Å². The second kappa shape index (κ2) is 6.50. The standard InChI is InChI=1S/C17H13BrN2OS/c1-11-3-2-4-14(9-11)19-17-20-16(21)15(22-17)10-12-5-7-13(18)8-6-12/h2-10H,1H3,(H,19,20,21)/b15-10+. The molecular weight excluding hydrogens is 360 g/mol. The molecule has 1 N–H and O–H groups in total. The van der Waals surface area contributed by atoms with Crippen LogP contribution >= 0.6 is 27.7 Å². The van der Waals surface area contributed by atoms with E-state index in [1.807, 2.05) is 61.5 Å². The number of aliphatic imine (C=N–C) groups is 1. The van der Waals surface area contributed by atoms with E-state index in [2.05, 4.69) is 26.2 Å². The molecule has 0 aromatic heterocycles. The molecule has 0 atom stereocenters. The lowest BCUT2D eigenvalue weighted by Gasteiger charge is -1.97. The quantitative estimate of drug-likeness (QED) is 0.779. The van der Waals surface area contributed by atoms with Crippen molar-refractivity contribution in [1.82, 2.24) is 5.32 Å². The summed E-state index contributed by atoms with van der Waals surface area (Å²) in [6.45, 7) is 2.02. The van der Waals surface area contributed by atoms with Gasteiger partial charge in [-0.1, -0.05) is 40.2 Å². The number of nitrogens with zero attached hydrogens (tertiary/aromatic N) is 1. The summed E-state index contributed by atoms with van der Waals surface area (Å²) in [6, 6.07) is 15.7. The molecule has 2 aromatic rings. The highest BCUT2D eigenvalue weighted by atomic mass is 79.9. The number of hydrogen-bond donors (Lipinski definition) is 1. The smallest absolute Gasteiger partial charge is 0.264 e. The normalized spacial score (nSPS) is 18.0. The van der Waals surface area contributed by atoms with Crippen molar-refractivity contribution in [2.45, 2.75) is 6.92 Å². The minimum atomic E-state index is -0.112. The van der Waals surface area contributed by atoms with Crippen LogP contribution in [-0.4, -0.2) is 11.1 Å². The average molecular weight is 373 g/mol. The van der Waals surface area contributed by atoms with Gasteiger partial charge in [0.25, 0.3) is 5.91 Å². The van der Waals surface area contributed by atoms with Crippen LogP contribution in [0.1, 0.15) is 11.1 Å². The van der Waals surface area contributed by atoms with Crippen molar-refractivity contribution >= 4 is 50.5 Å². The van der Waals surface area contributed by atoms with Crippen molar-refractivity contribution in [2.75, 3.05) is 0 Å². The molecule has 1 amide bonds. The number of hydrogen-bond acceptors (Lipinski definition) is 3. The fraction of sp³-hybridized carbons (Fsp3) is 0.0588. The number of aryl methyl sites for hydroxylation is 1. The van der Waals surface area contributed by atoms with Crippen molar-refractivity contribution in [3.05, 3.63) is 69.0 Å². The van der Waals surface area contributed by atoms with Crippen LogP contribution in [0.2, 0.25) is 0 Å². The summed E-state index contributed by atoms with van der Waals surface area (Å²) in [6.07, 6.45) is 1.87. The van der Waals surface area contributed by atoms with E-state index in [-0.39, 0.29) is 5.91 Å². The Bertz CT molecular complexity index is 782. The van der Waals surface area contributed by atoms with E-state index in [9.17, 15) is 4.79 Å². The van der Waals surface area contributed by atoms with Gasteiger partial charge >= 0.3 is 0 Å². The van der Waals surface area contributed by atoms with Gasteiger partial charge in [0.2, 0.25) is 0 Å². The summed E-state index contributed by atoms with van der Waals surface area (Å²) in [5.74, 6) is -0.112. The number of carbonyl (C=O) groups is 1. The number of nitrogens with one attached hydrogen (secondary N) is 1. The van der Waals surface area contributed by atoms with Gasteiger partial charge in [0.15, 0.2) is 5.17 Å². The van der Waals surface area contributed by atoms with Gasteiger partial charge in [-0.2, -0.15) is 0 Å². The first-order valence-electron chi connectivity index (χ1n) is 6.72. The van der Waals surface area contributed by atoms with Crippen molar-refractivity contribution in [2.24, 2.45) is 4.99 Å². The van der Waals surface area contributed by atoms with Gasteiger partial charge in [-0.25, -0.2) is 4.99 Å². The number of amidine groups is 1. The zero-order chi connectivity index (χ0) is 15.5. The Labute approximate surface area is 141 Å². The van der Waals surface area contributed by atoms with Crippen LogP contribution in [0.5, 0.6) is 0 Å². The predicted octanol–water partition coefficient (Wildman–Crippen LogP) is 4.65. The number of carbonyl (C=O) groups excluding carboxylic acids is 1. The second-order valence-corrected chi connectivity index (χ2v) is 6.82. The third-order valence-electron chi connectivity index (χ3n) is 3.05. The Morgan fingerprint density at radius 3 is 2.68 bits per heavy atom. The highest BCUT2D eigenvalue weighted by Gasteiger charge is 2.23. The van der Waals surface area contributed by atoms with E-state index in [0.29, 0.717) is 10.1 Å². The molecule has 0 bridgehead atoms. The molecule has 110 valence electrons. The van der Waals surface area contributed by atoms with E-state index in [4.69, 9.17) is 0 Å². The van der Waals surface area contributed by atoms with Gasteiger partial charge in [0.05, 0.1) is 10.6 Å². The molecule has 0 saturated carbocycles. The predicted molar refractivity (Wildman–Crippen MR) is 96.1 cm³/mol. The number of thioether (sulfide) groups is 1. The first kappa shape index (κ1) is 15.1. The second-order valence-electron chi connectivity index (χ2n) is 4.87. The van der Waals surface area contributed by atoms with Crippen LogP contribution in [0.3, 0.4) is 0 Å². The third-order valence-corrected chi connectivity index (χ3v) is 4.49. The van der Waals surface area contributed by atoms with Gasteiger partial charge in [0.1, 0.15) is 0 Å². The van der Waals surface area contributed by atoms with E-state index >= 15 is 0 Å². The Balaban J connectivity index is 1.82. The Hall–Kier alpha value is -1.85. The molecule has 0 aliphatic carbocycles. The highest BCUT2D eigenvalue weighted by molar-refractivity contribution is 9.10. The molecule has 3 nitrogen and oxygen atoms in total. The summed E-state index contributed by atoms with van der Waals surface area (Å²) in [5.41, 5.74) is 2.96. The summed E-state index contributed by atoms with van der Waals surface area (Å²) in [7, 11) is 0. The van der Waals surface area contributed by atoms with E-state index in [1.54, 1.807) is 0 Å². The SMILES string of the molecule is Cc1cccc(N=C2NC(=O)/C(=C\c3ccc(Br)cc3)S2)c1. The first-order chi connectivity index (χ1) is 10.6. The molecule has 3 rings (SSSR count). The minimum absolute atomic E-state index is 0.112.